The molecule has 118 valence electrons. The number of amides is 1. The van der Waals surface area contributed by atoms with Crippen LogP contribution >= 0.6 is 11.6 Å². The zero-order chi connectivity index (χ0) is 16.8. The van der Waals surface area contributed by atoms with E-state index in [2.05, 4.69) is 5.32 Å². The second-order valence-corrected chi connectivity index (χ2v) is 5.26. The first-order valence-electron chi connectivity index (χ1n) is 6.94. The van der Waals surface area contributed by atoms with Gasteiger partial charge >= 0.3 is 5.97 Å². The Bertz CT molecular complexity index is 737. The second-order valence-electron chi connectivity index (χ2n) is 4.82. The van der Waals surface area contributed by atoms with Gasteiger partial charge in [-0.15, -0.1) is 0 Å². The first-order chi connectivity index (χ1) is 11.0. The lowest BCUT2D eigenvalue weighted by Gasteiger charge is -2.12. The Morgan fingerprint density at radius 3 is 2.13 bits per heavy atom. The number of hydrogen-bond acceptors (Lipinski definition) is 3. The largest absolute Gasteiger partial charge is 0.464 e. The molecular weight excluding hydrogens is 314 g/mol. The van der Waals surface area contributed by atoms with Gasteiger partial charge in [-0.1, -0.05) is 41.9 Å². The van der Waals surface area contributed by atoms with E-state index in [1.807, 2.05) is 6.07 Å². The number of allylic oxidation sites excluding steroid dienone is 1. The van der Waals surface area contributed by atoms with Crippen molar-refractivity contribution >= 4 is 29.1 Å². The molecule has 4 nitrogen and oxygen atoms in total. The number of carbonyl (C=O) groups is 2. The van der Waals surface area contributed by atoms with E-state index in [9.17, 15) is 9.59 Å². The summed E-state index contributed by atoms with van der Waals surface area (Å²) in [7, 11) is 1.27. The third-order valence-electron chi connectivity index (χ3n) is 3.32. The number of hydrogen-bond donors (Lipinski definition) is 1. The van der Waals surface area contributed by atoms with Crippen molar-refractivity contribution in [2.24, 2.45) is 0 Å². The van der Waals surface area contributed by atoms with Crippen LogP contribution in [-0.4, -0.2) is 19.0 Å². The molecule has 1 N–H and O–H groups in total. The number of benzene rings is 2. The Labute approximate surface area is 139 Å². The van der Waals surface area contributed by atoms with E-state index in [-0.39, 0.29) is 11.6 Å². The first kappa shape index (κ1) is 16.8. The summed E-state index contributed by atoms with van der Waals surface area (Å²) < 4.78 is 4.78. The van der Waals surface area contributed by atoms with Crippen LogP contribution in [0.2, 0.25) is 5.02 Å². The van der Waals surface area contributed by atoms with E-state index in [1.165, 1.54) is 7.11 Å². The first-order valence-corrected chi connectivity index (χ1v) is 7.32. The molecule has 0 saturated carbocycles. The monoisotopic (exact) mass is 329 g/mol. The fourth-order valence-corrected chi connectivity index (χ4v) is 2.15. The fraction of sp³-hybridized carbons (Fsp3) is 0.111. The molecule has 0 aliphatic heterocycles. The summed E-state index contributed by atoms with van der Waals surface area (Å²) in [6.07, 6.45) is 0. The summed E-state index contributed by atoms with van der Waals surface area (Å²) >= 11 is 5.87. The maximum atomic E-state index is 12.3. The molecule has 1 amide bonds. The highest BCUT2D eigenvalue weighted by atomic mass is 35.5. The van der Waals surface area contributed by atoms with Gasteiger partial charge < -0.3 is 10.1 Å². The number of nitrogens with one attached hydrogen (secondary N) is 1. The minimum atomic E-state index is -0.610. The lowest BCUT2D eigenvalue weighted by atomic mass is 10.0. The van der Waals surface area contributed by atoms with Gasteiger partial charge in [0.25, 0.3) is 5.91 Å². The molecular formula is C18H16ClNO3. The van der Waals surface area contributed by atoms with Crippen LogP contribution in [0.3, 0.4) is 0 Å². The third kappa shape index (κ3) is 4.20. The molecule has 0 bridgehead atoms. The molecule has 0 fully saturated rings. The SMILES string of the molecule is COC(=O)/C(NC(=O)c1ccccc1)=C(/C)c1ccc(Cl)cc1. The van der Waals surface area contributed by atoms with Crippen molar-refractivity contribution < 1.29 is 14.3 Å². The molecule has 0 radical (unpaired) electrons. The van der Waals surface area contributed by atoms with Gasteiger partial charge in [-0.2, -0.15) is 0 Å². The highest BCUT2D eigenvalue weighted by molar-refractivity contribution is 6.30. The number of methoxy groups -OCH3 is 1. The summed E-state index contributed by atoms with van der Waals surface area (Å²) in [6.45, 7) is 1.74. The van der Waals surface area contributed by atoms with E-state index < -0.39 is 5.97 Å². The molecule has 2 aromatic rings. The van der Waals surface area contributed by atoms with E-state index in [1.54, 1.807) is 55.5 Å². The molecule has 5 heteroatoms. The predicted molar refractivity (Wildman–Crippen MR) is 90.0 cm³/mol. The highest BCUT2D eigenvalue weighted by Gasteiger charge is 2.18. The number of carbonyl (C=O) groups excluding carboxylic acids is 2. The standard InChI is InChI=1S/C18H16ClNO3/c1-12(13-8-10-15(19)11-9-13)16(18(22)23-2)20-17(21)14-6-4-3-5-7-14/h3-11H,1-2H3,(H,20,21)/b16-12+. The van der Waals surface area contributed by atoms with Gasteiger partial charge in [0.1, 0.15) is 5.70 Å². The summed E-state index contributed by atoms with van der Waals surface area (Å²) in [5.41, 5.74) is 1.92. The van der Waals surface area contributed by atoms with Crippen LogP contribution in [-0.2, 0) is 9.53 Å². The van der Waals surface area contributed by atoms with Gasteiger partial charge in [-0.25, -0.2) is 4.79 Å². The van der Waals surface area contributed by atoms with Crippen molar-refractivity contribution in [2.45, 2.75) is 6.92 Å². The van der Waals surface area contributed by atoms with E-state index >= 15 is 0 Å². The number of halogens is 1. The average Bonchev–Trinajstić information content (AvgIpc) is 2.59. The number of rotatable bonds is 4. The topological polar surface area (TPSA) is 55.4 Å². The van der Waals surface area contributed by atoms with Crippen molar-refractivity contribution in [3.8, 4) is 0 Å². The van der Waals surface area contributed by atoms with Crippen LogP contribution in [0.5, 0.6) is 0 Å². The molecule has 0 saturated heterocycles. The van der Waals surface area contributed by atoms with Gasteiger partial charge in [0.2, 0.25) is 0 Å². The smallest absolute Gasteiger partial charge is 0.354 e. The van der Waals surface area contributed by atoms with E-state index in [0.717, 1.165) is 5.56 Å². The predicted octanol–water partition coefficient (Wildman–Crippen LogP) is 3.67. The van der Waals surface area contributed by atoms with Crippen LogP contribution < -0.4 is 5.32 Å². The normalized spacial score (nSPS) is 11.4. The third-order valence-corrected chi connectivity index (χ3v) is 3.57. The number of esters is 1. The van der Waals surface area contributed by atoms with Gasteiger partial charge in [-0.3, -0.25) is 4.79 Å². The molecule has 0 spiro atoms. The number of ether oxygens (including phenoxy) is 1. The van der Waals surface area contributed by atoms with Crippen LogP contribution in [0.4, 0.5) is 0 Å². The zero-order valence-corrected chi connectivity index (χ0v) is 13.6. The minimum Gasteiger partial charge on any atom is -0.464 e. The molecule has 0 heterocycles. The van der Waals surface area contributed by atoms with Crippen LogP contribution in [0.1, 0.15) is 22.8 Å². The van der Waals surface area contributed by atoms with Crippen molar-refractivity contribution in [3.05, 3.63) is 76.4 Å². The molecule has 0 aliphatic carbocycles. The Balaban J connectivity index is 2.37. The molecule has 23 heavy (non-hydrogen) atoms. The highest BCUT2D eigenvalue weighted by Crippen LogP contribution is 2.20. The molecule has 2 rings (SSSR count). The lowest BCUT2D eigenvalue weighted by molar-refractivity contribution is -0.136. The molecule has 0 atom stereocenters. The molecule has 0 unspecified atom stereocenters. The van der Waals surface area contributed by atoms with Crippen molar-refractivity contribution in [3.63, 3.8) is 0 Å². The van der Waals surface area contributed by atoms with Crippen molar-refractivity contribution in [1.82, 2.24) is 5.32 Å². The van der Waals surface area contributed by atoms with Gasteiger partial charge in [-0.05, 0) is 42.3 Å². The summed E-state index contributed by atoms with van der Waals surface area (Å²) in [4.78, 5) is 24.3. The van der Waals surface area contributed by atoms with Gasteiger partial charge in [0.15, 0.2) is 0 Å². The molecule has 0 aromatic heterocycles. The quantitative estimate of drug-likeness (QED) is 0.687. The van der Waals surface area contributed by atoms with Crippen molar-refractivity contribution in [2.75, 3.05) is 7.11 Å². The Kier molecular flexibility index (Phi) is 5.55. The summed E-state index contributed by atoms with van der Waals surface area (Å²) in [5.74, 6) is -0.985. The summed E-state index contributed by atoms with van der Waals surface area (Å²) in [5, 5.41) is 3.22. The maximum Gasteiger partial charge on any atom is 0.354 e. The van der Waals surface area contributed by atoms with Gasteiger partial charge in [0, 0.05) is 10.6 Å². The maximum absolute atomic E-state index is 12.3. The Morgan fingerprint density at radius 1 is 0.957 bits per heavy atom. The van der Waals surface area contributed by atoms with Gasteiger partial charge in [0.05, 0.1) is 7.11 Å². The van der Waals surface area contributed by atoms with Crippen LogP contribution in [0.25, 0.3) is 5.57 Å². The average molecular weight is 330 g/mol. The van der Waals surface area contributed by atoms with E-state index in [4.69, 9.17) is 16.3 Å². The molecule has 0 aliphatic rings. The van der Waals surface area contributed by atoms with Crippen LogP contribution in [0.15, 0.2) is 60.3 Å². The van der Waals surface area contributed by atoms with E-state index in [0.29, 0.717) is 16.2 Å². The minimum absolute atomic E-state index is 0.101. The second kappa shape index (κ2) is 7.61. The zero-order valence-electron chi connectivity index (χ0n) is 12.8. The fourth-order valence-electron chi connectivity index (χ4n) is 2.02. The van der Waals surface area contributed by atoms with Crippen LogP contribution in [0, 0.1) is 0 Å². The Morgan fingerprint density at radius 2 is 1.57 bits per heavy atom. The van der Waals surface area contributed by atoms with Crippen molar-refractivity contribution in [1.29, 1.82) is 0 Å². The summed E-state index contributed by atoms with van der Waals surface area (Å²) in [6, 6.07) is 15.6. The Hall–Kier alpha value is -2.59. The lowest BCUT2D eigenvalue weighted by Crippen LogP contribution is -2.29. The molecule has 2 aromatic carbocycles.